The summed E-state index contributed by atoms with van der Waals surface area (Å²) in [5.74, 6) is 0.149. The van der Waals surface area contributed by atoms with E-state index in [0.717, 1.165) is 29.6 Å². The zero-order valence-corrected chi connectivity index (χ0v) is 11.7. The summed E-state index contributed by atoms with van der Waals surface area (Å²) in [7, 11) is 0. The molecule has 0 spiro atoms. The molecule has 1 aromatic carbocycles. The van der Waals surface area contributed by atoms with Gasteiger partial charge in [-0.25, -0.2) is 0 Å². The number of hydrogen-bond donors (Lipinski definition) is 1. The zero-order chi connectivity index (χ0) is 13.2. The van der Waals surface area contributed by atoms with Crippen molar-refractivity contribution in [3.05, 3.63) is 35.2 Å². The molecule has 0 bridgehead atoms. The summed E-state index contributed by atoms with van der Waals surface area (Å²) < 4.78 is 1.17. The Hall–Kier alpha value is -1.39. The predicted octanol–water partition coefficient (Wildman–Crippen LogP) is 2.85. The Morgan fingerprint density at radius 2 is 2.21 bits per heavy atom. The van der Waals surface area contributed by atoms with Crippen molar-refractivity contribution in [2.24, 2.45) is 5.73 Å². The number of carbonyl (C=O) groups excluding carboxylic acids is 1. The van der Waals surface area contributed by atoms with E-state index in [9.17, 15) is 4.79 Å². The van der Waals surface area contributed by atoms with Crippen molar-refractivity contribution in [1.82, 2.24) is 4.90 Å². The fourth-order valence-electron chi connectivity index (χ4n) is 2.74. The number of nitrogens with zero attached hydrogens (tertiary/aromatic N) is 1. The fourth-order valence-corrected chi connectivity index (χ4v) is 3.76. The van der Waals surface area contributed by atoms with Crippen LogP contribution in [0.3, 0.4) is 0 Å². The Balaban J connectivity index is 1.89. The molecule has 1 saturated heterocycles. The number of hydrogen-bond acceptors (Lipinski definition) is 3. The van der Waals surface area contributed by atoms with E-state index in [0.29, 0.717) is 6.54 Å². The minimum atomic E-state index is 0.149. The van der Waals surface area contributed by atoms with Gasteiger partial charge in [0.15, 0.2) is 0 Å². The van der Waals surface area contributed by atoms with Gasteiger partial charge in [0.2, 0.25) is 0 Å². The SMILES string of the molecule is NCC1CCCCN1C(=O)c1cc2ccccc2s1. The number of carbonyl (C=O) groups is 1. The van der Waals surface area contributed by atoms with E-state index in [1.807, 2.05) is 23.1 Å². The van der Waals surface area contributed by atoms with Crippen LogP contribution in [0, 0.1) is 0 Å². The molecule has 1 atom stereocenters. The summed E-state index contributed by atoms with van der Waals surface area (Å²) in [5, 5.41) is 1.15. The van der Waals surface area contributed by atoms with E-state index in [2.05, 4.69) is 12.1 Å². The number of piperidine rings is 1. The highest BCUT2D eigenvalue weighted by atomic mass is 32.1. The number of thiophene rings is 1. The van der Waals surface area contributed by atoms with Gasteiger partial charge in [-0.3, -0.25) is 4.79 Å². The summed E-state index contributed by atoms with van der Waals surface area (Å²) in [6.45, 7) is 1.41. The molecule has 2 N–H and O–H groups in total. The van der Waals surface area contributed by atoms with Gasteiger partial charge in [0.25, 0.3) is 5.91 Å². The molecule has 2 heterocycles. The Bertz CT molecular complexity index is 560. The molecule has 1 unspecified atom stereocenters. The molecule has 1 fully saturated rings. The number of fused-ring (bicyclic) bond motifs is 1. The molecule has 3 rings (SSSR count). The van der Waals surface area contributed by atoms with Crippen LogP contribution < -0.4 is 5.73 Å². The zero-order valence-electron chi connectivity index (χ0n) is 10.8. The van der Waals surface area contributed by atoms with Crippen LogP contribution >= 0.6 is 11.3 Å². The van der Waals surface area contributed by atoms with Gasteiger partial charge in [0, 0.05) is 23.8 Å². The lowest BCUT2D eigenvalue weighted by atomic mass is 10.0. The van der Waals surface area contributed by atoms with Crippen molar-refractivity contribution in [1.29, 1.82) is 0 Å². The molecule has 0 saturated carbocycles. The third-order valence-electron chi connectivity index (χ3n) is 3.80. The maximum atomic E-state index is 12.6. The van der Waals surface area contributed by atoms with Crippen molar-refractivity contribution >= 4 is 27.3 Å². The van der Waals surface area contributed by atoms with Crippen LogP contribution in [0.25, 0.3) is 10.1 Å². The van der Waals surface area contributed by atoms with Crippen molar-refractivity contribution in [3.8, 4) is 0 Å². The first-order valence-electron chi connectivity index (χ1n) is 6.79. The number of rotatable bonds is 2. The number of nitrogens with two attached hydrogens (primary N) is 1. The van der Waals surface area contributed by atoms with Crippen LogP contribution in [-0.2, 0) is 0 Å². The molecule has 1 aliphatic heterocycles. The summed E-state index contributed by atoms with van der Waals surface area (Å²) in [4.78, 5) is 15.4. The van der Waals surface area contributed by atoms with Crippen molar-refractivity contribution in [3.63, 3.8) is 0 Å². The number of amides is 1. The molecule has 1 amide bonds. The van der Waals surface area contributed by atoms with Crippen molar-refractivity contribution in [2.45, 2.75) is 25.3 Å². The van der Waals surface area contributed by atoms with Crippen molar-refractivity contribution in [2.75, 3.05) is 13.1 Å². The molecule has 100 valence electrons. The lowest BCUT2D eigenvalue weighted by molar-refractivity contribution is 0.0628. The lowest BCUT2D eigenvalue weighted by Gasteiger charge is -2.34. The van der Waals surface area contributed by atoms with Crippen LogP contribution in [0.4, 0.5) is 0 Å². The van der Waals surface area contributed by atoms with Crippen LogP contribution in [0.5, 0.6) is 0 Å². The smallest absolute Gasteiger partial charge is 0.264 e. The first-order chi connectivity index (χ1) is 9.29. The van der Waals surface area contributed by atoms with E-state index < -0.39 is 0 Å². The molecule has 19 heavy (non-hydrogen) atoms. The molecule has 2 aromatic rings. The van der Waals surface area contributed by atoms with Gasteiger partial charge in [-0.2, -0.15) is 0 Å². The largest absolute Gasteiger partial charge is 0.334 e. The second-order valence-electron chi connectivity index (χ2n) is 5.03. The number of benzene rings is 1. The second kappa shape index (κ2) is 5.31. The van der Waals surface area contributed by atoms with Gasteiger partial charge in [-0.15, -0.1) is 11.3 Å². The Morgan fingerprint density at radius 1 is 1.37 bits per heavy atom. The van der Waals surface area contributed by atoms with Gasteiger partial charge in [-0.05, 0) is 36.8 Å². The fraction of sp³-hybridized carbons (Fsp3) is 0.400. The summed E-state index contributed by atoms with van der Waals surface area (Å²) >= 11 is 1.58. The van der Waals surface area contributed by atoms with Gasteiger partial charge < -0.3 is 10.6 Å². The molecule has 1 aromatic heterocycles. The Labute approximate surface area is 117 Å². The van der Waals surface area contributed by atoms with E-state index in [4.69, 9.17) is 5.73 Å². The van der Waals surface area contributed by atoms with Gasteiger partial charge in [-0.1, -0.05) is 18.2 Å². The third-order valence-corrected chi connectivity index (χ3v) is 4.90. The van der Waals surface area contributed by atoms with E-state index in [-0.39, 0.29) is 11.9 Å². The van der Waals surface area contributed by atoms with E-state index in [1.165, 1.54) is 11.1 Å². The number of likely N-dealkylation sites (tertiary alicyclic amines) is 1. The maximum Gasteiger partial charge on any atom is 0.264 e. The maximum absolute atomic E-state index is 12.6. The van der Waals surface area contributed by atoms with Gasteiger partial charge in [0.05, 0.1) is 4.88 Å². The average molecular weight is 274 g/mol. The predicted molar refractivity (Wildman–Crippen MR) is 79.6 cm³/mol. The van der Waals surface area contributed by atoms with Crippen LogP contribution in [0.1, 0.15) is 28.9 Å². The molecular weight excluding hydrogens is 256 g/mol. The minimum absolute atomic E-state index is 0.149. The summed E-state index contributed by atoms with van der Waals surface area (Å²) in [5.41, 5.74) is 5.79. The quantitative estimate of drug-likeness (QED) is 0.915. The highest BCUT2D eigenvalue weighted by Crippen LogP contribution is 2.28. The third kappa shape index (κ3) is 2.38. The molecule has 4 heteroatoms. The molecular formula is C15H18N2OS. The summed E-state index contributed by atoms with van der Waals surface area (Å²) in [6.07, 6.45) is 3.30. The van der Waals surface area contributed by atoms with Gasteiger partial charge >= 0.3 is 0 Å². The highest BCUT2D eigenvalue weighted by Gasteiger charge is 2.27. The summed E-state index contributed by atoms with van der Waals surface area (Å²) in [6, 6.07) is 10.4. The highest BCUT2D eigenvalue weighted by molar-refractivity contribution is 7.20. The monoisotopic (exact) mass is 274 g/mol. The second-order valence-corrected chi connectivity index (χ2v) is 6.12. The molecule has 0 radical (unpaired) electrons. The van der Waals surface area contributed by atoms with Gasteiger partial charge in [0.1, 0.15) is 0 Å². The standard InChI is InChI=1S/C15H18N2OS/c16-10-12-6-3-4-8-17(12)15(18)14-9-11-5-1-2-7-13(11)19-14/h1-2,5,7,9,12H,3-4,6,8,10,16H2. The topological polar surface area (TPSA) is 46.3 Å². The first kappa shape index (κ1) is 12.6. The Kier molecular flexibility index (Phi) is 3.53. The average Bonchev–Trinajstić information content (AvgIpc) is 2.90. The van der Waals surface area contributed by atoms with E-state index >= 15 is 0 Å². The van der Waals surface area contributed by atoms with Crippen LogP contribution in [-0.4, -0.2) is 29.9 Å². The minimum Gasteiger partial charge on any atom is -0.334 e. The van der Waals surface area contributed by atoms with Crippen LogP contribution in [0.2, 0.25) is 0 Å². The first-order valence-corrected chi connectivity index (χ1v) is 7.61. The normalized spacial score (nSPS) is 19.8. The Morgan fingerprint density at radius 3 is 3.00 bits per heavy atom. The molecule has 3 nitrogen and oxygen atoms in total. The lowest BCUT2D eigenvalue weighted by Crippen LogP contribution is -2.47. The van der Waals surface area contributed by atoms with Crippen LogP contribution in [0.15, 0.2) is 30.3 Å². The molecule has 0 aliphatic carbocycles. The van der Waals surface area contributed by atoms with E-state index in [1.54, 1.807) is 11.3 Å². The van der Waals surface area contributed by atoms with Crippen molar-refractivity contribution < 1.29 is 4.79 Å². The molecule has 1 aliphatic rings.